The average Bonchev–Trinajstić information content (AvgIpc) is 2.32. The van der Waals surface area contributed by atoms with Crippen molar-refractivity contribution in [3.05, 3.63) is 29.3 Å². The normalized spacial score (nSPS) is 20.2. The molecule has 0 saturated carbocycles. The summed E-state index contributed by atoms with van der Waals surface area (Å²) in [5, 5.41) is 4.17. The van der Waals surface area contributed by atoms with E-state index in [1.54, 1.807) is 0 Å². The second-order valence-corrected chi connectivity index (χ2v) is 4.89. The molecule has 1 unspecified atom stereocenters. The van der Waals surface area contributed by atoms with Gasteiger partial charge in [-0.2, -0.15) is 0 Å². The number of ether oxygens (including phenoxy) is 1. The summed E-state index contributed by atoms with van der Waals surface area (Å²) in [7, 11) is 0. The second-order valence-electron chi connectivity index (χ2n) is 4.46. The van der Waals surface area contributed by atoms with Crippen LogP contribution in [0.2, 0.25) is 5.02 Å². The van der Waals surface area contributed by atoms with E-state index in [1.165, 1.54) is 0 Å². The number of piperazine rings is 1. The summed E-state index contributed by atoms with van der Waals surface area (Å²) in [4.78, 5) is 2.43. The number of rotatable bonds is 4. The highest BCUT2D eigenvalue weighted by Gasteiger charge is 2.14. The Balaban J connectivity index is 0.00000162. The summed E-state index contributed by atoms with van der Waals surface area (Å²) < 4.78 is 5.68. The summed E-state index contributed by atoms with van der Waals surface area (Å²) in [6.45, 7) is 7.20. The lowest BCUT2D eigenvalue weighted by atomic mass is 10.2. The third kappa shape index (κ3) is 5.02. The van der Waals surface area contributed by atoms with Crippen molar-refractivity contribution < 1.29 is 4.74 Å². The van der Waals surface area contributed by atoms with Gasteiger partial charge in [-0.1, -0.05) is 11.6 Å². The van der Waals surface area contributed by atoms with Gasteiger partial charge in [0.25, 0.3) is 0 Å². The van der Waals surface area contributed by atoms with Gasteiger partial charge in [0.1, 0.15) is 12.4 Å². The molecule has 0 amide bonds. The fourth-order valence-corrected chi connectivity index (χ4v) is 2.16. The van der Waals surface area contributed by atoms with Crippen molar-refractivity contribution in [2.24, 2.45) is 0 Å². The van der Waals surface area contributed by atoms with Gasteiger partial charge in [-0.25, -0.2) is 0 Å². The Bertz CT molecular complexity index is 345. The van der Waals surface area contributed by atoms with Gasteiger partial charge in [-0.3, -0.25) is 4.90 Å². The molecule has 1 fully saturated rings. The van der Waals surface area contributed by atoms with Gasteiger partial charge in [0.2, 0.25) is 0 Å². The minimum atomic E-state index is 0. The van der Waals surface area contributed by atoms with E-state index >= 15 is 0 Å². The van der Waals surface area contributed by atoms with E-state index in [-0.39, 0.29) is 12.4 Å². The lowest BCUT2D eigenvalue weighted by Gasteiger charge is -2.31. The van der Waals surface area contributed by atoms with E-state index in [1.807, 2.05) is 24.3 Å². The maximum atomic E-state index is 5.81. The van der Waals surface area contributed by atoms with Crippen molar-refractivity contribution in [2.75, 3.05) is 32.8 Å². The lowest BCUT2D eigenvalue weighted by Crippen LogP contribution is -2.50. The summed E-state index contributed by atoms with van der Waals surface area (Å²) >= 11 is 5.81. The van der Waals surface area contributed by atoms with Crippen molar-refractivity contribution in [2.45, 2.75) is 13.0 Å². The van der Waals surface area contributed by atoms with E-state index in [4.69, 9.17) is 16.3 Å². The van der Waals surface area contributed by atoms with Gasteiger partial charge in [0, 0.05) is 37.2 Å². The van der Waals surface area contributed by atoms with Gasteiger partial charge in [0.05, 0.1) is 0 Å². The van der Waals surface area contributed by atoms with Crippen LogP contribution in [0.3, 0.4) is 0 Å². The molecule has 3 nitrogen and oxygen atoms in total. The zero-order chi connectivity index (χ0) is 12.1. The van der Waals surface area contributed by atoms with E-state index in [9.17, 15) is 0 Å². The molecule has 18 heavy (non-hydrogen) atoms. The standard InChI is InChI=1S/C13H19ClN2O.ClH/c1-11-10-16(7-6-15-11)8-9-17-13-4-2-12(14)3-5-13;/h2-5,11,15H,6-10H2,1H3;1H. The number of nitrogens with zero attached hydrogens (tertiary/aromatic N) is 1. The molecule has 1 aliphatic rings. The predicted octanol–water partition coefficient (Wildman–Crippen LogP) is 2.43. The monoisotopic (exact) mass is 290 g/mol. The van der Waals surface area contributed by atoms with Crippen LogP contribution in [-0.4, -0.2) is 43.7 Å². The molecule has 1 heterocycles. The van der Waals surface area contributed by atoms with Crippen LogP contribution in [-0.2, 0) is 0 Å². The van der Waals surface area contributed by atoms with Crippen LogP contribution < -0.4 is 10.1 Å². The Morgan fingerprint density at radius 2 is 2.11 bits per heavy atom. The molecular weight excluding hydrogens is 271 g/mol. The zero-order valence-electron chi connectivity index (χ0n) is 10.6. The summed E-state index contributed by atoms with van der Waals surface area (Å²) in [5.74, 6) is 0.887. The first kappa shape index (κ1) is 15.6. The molecule has 0 aromatic heterocycles. The van der Waals surface area contributed by atoms with Gasteiger partial charge in [-0.05, 0) is 31.2 Å². The van der Waals surface area contributed by atoms with Gasteiger partial charge in [-0.15, -0.1) is 12.4 Å². The summed E-state index contributed by atoms with van der Waals surface area (Å²) in [6, 6.07) is 8.10. The Morgan fingerprint density at radius 1 is 1.39 bits per heavy atom. The number of nitrogens with one attached hydrogen (secondary N) is 1. The highest BCUT2D eigenvalue weighted by atomic mass is 35.5. The van der Waals surface area contributed by atoms with Crippen LogP contribution in [0.15, 0.2) is 24.3 Å². The largest absolute Gasteiger partial charge is 0.492 e. The smallest absolute Gasteiger partial charge is 0.119 e. The fraction of sp³-hybridized carbons (Fsp3) is 0.538. The molecule has 0 radical (unpaired) electrons. The van der Waals surface area contributed by atoms with E-state index < -0.39 is 0 Å². The molecule has 2 rings (SSSR count). The highest BCUT2D eigenvalue weighted by molar-refractivity contribution is 6.30. The molecule has 102 valence electrons. The maximum absolute atomic E-state index is 5.81. The molecular formula is C13H20Cl2N2O. The first-order valence-corrected chi connectivity index (χ1v) is 6.46. The van der Waals surface area contributed by atoms with Crippen LogP contribution in [0.25, 0.3) is 0 Å². The van der Waals surface area contributed by atoms with Crippen LogP contribution in [0, 0.1) is 0 Å². The van der Waals surface area contributed by atoms with Crippen molar-refractivity contribution >= 4 is 24.0 Å². The molecule has 1 saturated heterocycles. The Hall–Kier alpha value is -0.480. The predicted molar refractivity (Wildman–Crippen MR) is 78.1 cm³/mol. The van der Waals surface area contributed by atoms with Crippen LogP contribution >= 0.6 is 24.0 Å². The van der Waals surface area contributed by atoms with Crippen molar-refractivity contribution in [1.82, 2.24) is 10.2 Å². The molecule has 0 spiro atoms. The van der Waals surface area contributed by atoms with Gasteiger partial charge >= 0.3 is 0 Å². The van der Waals surface area contributed by atoms with Crippen LogP contribution in [0.4, 0.5) is 0 Å². The molecule has 1 atom stereocenters. The van der Waals surface area contributed by atoms with Gasteiger partial charge < -0.3 is 10.1 Å². The van der Waals surface area contributed by atoms with E-state index in [0.717, 1.165) is 43.6 Å². The fourth-order valence-electron chi connectivity index (χ4n) is 2.04. The van der Waals surface area contributed by atoms with Crippen molar-refractivity contribution in [3.63, 3.8) is 0 Å². The van der Waals surface area contributed by atoms with E-state index in [2.05, 4.69) is 17.1 Å². The maximum Gasteiger partial charge on any atom is 0.119 e. The van der Waals surface area contributed by atoms with Gasteiger partial charge in [0.15, 0.2) is 0 Å². The van der Waals surface area contributed by atoms with E-state index in [0.29, 0.717) is 6.04 Å². The molecule has 0 aliphatic carbocycles. The Labute approximate surface area is 120 Å². The zero-order valence-corrected chi connectivity index (χ0v) is 12.1. The molecule has 5 heteroatoms. The number of hydrogen-bond acceptors (Lipinski definition) is 3. The average molecular weight is 291 g/mol. The first-order valence-electron chi connectivity index (χ1n) is 6.08. The first-order chi connectivity index (χ1) is 8.24. The third-order valence-electron chi connectivity index (χ3n) is 2.94. The highest BCUT2D eigenvalue weighted by Crippen LogP contribution is 2.15. The SMILES string of the molecule is CC1CN(CCOc2ccc(Cl)cc2)CCN1.Cl. The lowest BCUT2D eigenvalue weighted by molar-refractivity contribution is 0.170. The molecule has 1 aliphatic heterocycles. The summed E-state index contributed by atoms with van der Waals surface area (Å²) in [6.07, 6.45) is 0. The number of halogens is 2. The summed E-state index contributed by atoms with van der Waals surface area (Å²) in [5.41, 5.74) is 0. The Kier molecular flexibility index (Phi) is 6.79. The minimum absolute atomic E-state index is 0. The van der Waals surface area contributed by atoms with Crippen molar-refractivity contribution in [3.8, 4) is 5.75 Å². The second kappa shape index (κ2) is 7.85. The van der Waals surface area contributed by atoms with Crippen molar-refractivity contribution in [1.29, 1.82) is 0 Å². The molecule has 1 N–H and O–H groups in total. The Morgan fingerprint density at radius 3 is 2.78 bits per heavy atom. The molecule has 1 aromatic rings. The van der Waals surface area contributed by atoms with Crippen LogP contribution in [0.5, 0.6) is 5.75 Å². The topological polar surface area (TPSA) is 24.5 Å². The molecule has 1 aromatic carbocycles. The number of benzene rings is 1. The minimum Gasteiger partial charge on any atom is -0.492 e. The third-order valence-corrected chi connectivity index (χ3v) is 3.19. The quantitative estimate of drug-likeness (QED) is 0.922. The van der Waals surface area contributed by atoms with Crippen LogP contribution in [0.1, 0.15) is 6.92 Å². The molecule has 0 bridgehead atoms. The number of hydrogen-bond donors (Lipinski definition) is 1.